The van der Waals surface area contributed by atoms with Crippen molar-refractivity contribution in [1.29, 1.82) is 0 Å². The normalized spacial score (nSPS) is 25.7. The van der Waals surface area contributed by atoms with Crippen LogP contribution in [0.1, 0.15) is 31.4 Å². The van der Waals surface area contributed by atoms with Gasteiger partial charge in [0.15, 0.2) is 0 Å². The van der Waals surface area contributed by atoms with Gasteiger partial charge in [0.1, 0.15) is 0 Å². The van der Waals surface area contributed by atoms with E-state index in [1.807, 2.05) is 12.3 Å². The number of hydrogen-bond donors (Lipinski definition) is 1. The number of hydrogen-bond acceptors (Lipinski definition) is 4. The molecule has 1 N–H and O–H groups in total. The molecule has 2 saturated heterocycles. The molecule has 1 aromatic heterocycles. The van der Waals surface area contributed by atoms with Crippen LogP contribution in [0.25, 0.3) is 0 Å². The fourth-order valence-electron chi connectivity index (χ4n) is 3.24. The predicted octanol–water partition coefficient (Wildman–Crippen LogP) is 2.66. The van der Waals surface area contributed by atoms with Crippen molar-refractivity contribution in [3.05, 3.63) is 30.1 Å². The Bertz CT molecular complexity index is 401. The zero-order valence-corrected chi connectivity index (χ0v) is 12.8. The number of rotatable bonds is 4. The highest BCUT2D eigenvalue weighted by molar-refractivity contribution is 7.99. The summed E-state index contributed by atoms with van der Waals surface area (Å²) >= 11 is 2.07. The predicted molar refractivity (Wildman–Crippen MR) is 84.2 cm³/mol. The smallest absolute Gasteiger partial charge is 0.0713 e. The van der Waals surface area contributed by atoms with E-state index in [9.17, 15) is 0 Å². The molecule has 110 valence electrons. The van der Waals surface area contributed by atoms with Gasteiger partial charge in [-0.25, -0.2) is 0 Å². The van der Waals surface area contributed by atoms with Crippen LogP contribution < -0.4 is 5.32 Å². The lowest BCUT2D eigenvalue weighted by Crippen LogP contribution is -2.49. The summed E-state index contributed by atoms with van der Waals surface area (Å²) in [6, 6.07) is 6.76. The highest BCUT2D eigenvalue weighted by Crippen LogP contribution is 2.37. The number of thioether (sulfide) groups is 1. The third-order valence-electron chi connectivity index (χ3n) is 4.44. The van der Waals surface area contributed by atoms with E-state index in [0.29, 0.717) is 6.04 Å². The molecule has 0 aromatic carbocycles. The summed E-state index contributed by atoms with van der Waals surface area (Å²) in [5.41, 5.74) is 1.36. The van der Waals surface area contributed by atoms with Gasteiger partial charge in [0.25, 0.3) is 0 Å². The molecule has 0 radical (unpaired) electrons. The summed E-state index contributed by atoms with van der Waals surface area (Å²) in [6.07, 6.45) is 7.69. The van der Waals surface area contributed by atoms with E-state index in [1.54, 1.807) is 0 Å². The Morgan fingerprint density at radius 2 is 2.25 bits per heavy atom. The Morgan fingerprint density at radius 3 is 3.05 bits per heavy atom. The lowest BCUT2D eigenvalue weighted by Gasteiger charge is -2.43. The van der Waals surface area contributed by atoms with E-state index in [-0.39, 0.29) is 5.60 Å². The van der Waals surface area contributed by atoms with Crippen molar-refractivity contribution < 1.29 is 4.74 Å². The molecule has 3 heterocycles. The average Bonchev–Trinajstić information content (AvgIpc) is 2.49. The molecule has 0 saturated carbocycles. The fraction of sp³-hybridized carbons (Fsp3) is 0.688. The molecular weight excluding hydrogens is 268 g/mol. The summed E-state index contributed by atoms with van der Waals surface area (Å²) in [5.74, 6) is 2.53. The monoisotopic (exact) mass is 292 g/mol. The van der Waals surface area contributed by atoms with Gasteiger partial charge in [-0.15, -0.1) is 0 Å². The Morgan fingerprint density at radius 1 is 1.35 bits per heavy atom. The number of aromatic nitrogens is 1. The fourth-order valence-corrected chi connectivity index (χ4v) is 4.48. The molecule has 2 fully saturated rings. The second-order valence-corrected chi connectivity index (χ2v) is 7.08. The van der Waals surface area contributed by atoms with Gasteiger partial charge in [0, 0.05) is 37.5 Å². The molecule has 1 spiro atoms. The lowest BCUT2D eigenvalue weighted by atomic mass is 9.85. The molecular formula is C16H24N2OS. The van der Waals surface area contributed by atoms with Gasteiger partial charge in [0.05, 0.1) is 5.60 Å². The second-order valence-electron chi connectivity index (χ2n) is 5.86. The lowest BCUT2D eigenvalue weighted by molar-refractivity contribution is -0.0930. The minimum atomic E-state index is 0.187. The quantitative estimate of drug-likeness (QED) is 0.925. The van der Waals surface area contributed by atoms with Crippen molar-refractivity contribution in [2.24, 2.45) is 0 Å². The molecule has 0 bridgehead atoms. The maximum atomic E-state index is 6.14. The molecule has 3 nitrogen and oxygen atoms in total. The van der Waals surface area contributed by atoms with Gasteiger partial charge in [-0.2, -0.15) is 11.8 Å². The summed E-state index contributed by atoms with van der Waals surface area (Å²) < 4.78 is 6.14. The van der Waals surface area contributed by atoms with Crippen molar-refractivity contribution in [2.75, 3.05) is 24.7 Å². The van der Waals surface area contributed by atoms with Gasteiger partial charge >= 0.3 is 0 Å². The maximum absolute atomic E-state index is 6.14. The zero-order chi connectivity index (χ0) is 13.7. The van der Waals surface area contributed by atoms with Crippen molar-refractivity contribution in [3.63, 3.8) is 0 Å². The molecule has 0 amide bonds. The van der Waals surface area contributed by atoms with E-state index >= 15 is 0 Å². The first-order valence-corrected chi connectivity index (χ1v) is 8.87. The van der Waals surface area contributed by atoms with Crippen LogP contribution in [-0.4, -0.2) is 41.3 Å². The van der Waals surface area contributed by atoms with Crippen LogP contribution in [0.3, 0.4) is 0 Å². The van der Waals surface area contributed by atoms with Crippen molar-refractivity contribution in [3.8, 4) is 0 Å². The van der Waals surface area contributed by atoms with Crippen LogP contribution >= 0.6 is 11.8 Å². The number of pyridine rings is 1. The van der Waals surface area contributed by atoms with E-state index in [2.05, 4.69) is 34.2 Å². The Labute approximate surface area is 125 Å². The topological polar surface area (TPSA) is 34.1 Å². The zero-order valence-electron chi connectivity index (χ0n) is 12.0. The molecule has 3 rings (SSSR count). The molecule has 2 aliphatic rings. The molecule has 1 aromatic rings. The van der Waals surface area contributed by atoms with Crippen LogP contribution in [0.15, 0.2) is 24.4 Å². The molecule has 1 unspecified atom stereocenters. The van der Waals surface area contributed by atoms with Crippen LogP contribution in [0.2, 0.25) is 0 Å². The molecule has 2 aliphatic heterocycles. The first kappa shape index (κ1) is 14.4. The van der Waals surface area contributed by atoms with Gasteiger partial charge < -0.3 is 10.1 Å². The Balaban J connectivity index is 1.45. The van der Waals surface area contributed by atoms with Gasteiger partial charge in [0.2, 0.25) is 0 Å². The summed E-state index contributed by atoms with van der Waals surface area (Å²) in [4.78, 5) is 4.38. The third-order valence-corrected chi connectivity index (χ3v) is 5.42. The maximum Gasteiger partial charge on any atom is 0.0713 e. The standard InChI is InChI=1S/C16H24N2OS/c1-2-8-17-14(3-1)4-9-18-15-5-10-19-16(13-15)6-11-20-12-7-16/h1-3,8,15,18H,4-7,9-13H2. The van der Waals surface area contributed by atoms with Gasteiger partial charge in [-0.1, -0.05) is 6.07 Å². The molecule has 20 heavy (non-hydrogen) atoms. The summed E-state index contributed by atoms with van der Waals surface area (Å²) in [7, 11) is 0. The number of ether oxygens (including phenoxy) is 1. The first-order valence-electron chi connectivity index (χ1n) is 7.71. The highest BCUT2D eigenvalue weighted by atomic mass is 32.2. The van der Waals surface area contributed by atoms with Crippen molar-refractivity contribution in [1.82, 2.24) is 10.3 Å². The van der Waals surface area contributed by atoms with Gasteiger partial charge in [-0.3, -0.25) is 4.98 Å². The SMILES string of the molecule is c1ccc(CCNC2CCOC3(CCSCC3)C2)nc1. The minimum absolute atomic E-state index is 0.187. The van der Waals surface area contributed by atoms with Crippen LogP contribution in [0.5, 0.6) is 0 Å². The van der Waals surface area contributed by atoms with Crippen LogP contribution in [-0.2, 0) is 11.2 Å². The minimum Gasteiger partial charge on any atom is -0.375 e. The molecule has 1 atom stereocenters. The van der Waals surface area contributed by atoms with Crippen LogP contribution in [0.4, 0.5) is 0 Å². The van der Waals surface area contributed by atoms with E-state index in [1.165, 1.54) is 36.5 Å². The molecule has 0 aliphatic carbocycles. The number of nitrogens with one attached hydrogen (secondary N) is 1. The van der Waals surface area contributed by atoms with E-state index in [0.717, 1.165) is 26.0 Å². The second kappa shape index (κ2) is 6.92. The van der Waals surface area contributed by atoms with Crippen molar-refractivity contribution >= 4 is 11.8 Å². The first-order chi connectivity index (χ1) is 9.86. The summed E-state index contributed by atoms with van der Waals surface area (Å²) in [6.45, 7) is 1.94. The molecule has 4 heteroatoms. The van der Waals surface area contributed by atoms with Gasteiger partial charge in [-0.05, 0) is 49.3 Å². The van der Waals surface area contributed by atoms with Crippen molar-refractivity contribution in [2.45, 2.75) is 43.7 Å². The highest BCUT2D eigenvalue weighted by Gasteiger charge is 2.38. The Hall–Kier alpha value is -0.580. The van der Waals surface area contributed by atoms with E-state index in [4.69, 9.17) is 4.74 Å². The Kier molecular flexibility index (Phi) is 4.97. The largest absolute Gasteiger partial charge is 0.375 e. The van der Waals surface area contributed by atoms with Crippen LogP contribution in [0, 0.1) is 0 Å². The third kappa shape index (κ3) is 3.74. The van der Waals surface area contributed by atoms with E-state index < -0.39 is 0 Å². The number of nitrogens with zero attached hydrogens (tertiary/aromatic N) is 1. The average molecular weight is 292 g/mol. The summed E-state index contributed by atoms with van der Waals surface area (Å²) in [5, 5.41) is 3.71.